The Bertz CT molecular complexity index is 640. The number of anilines is 1. The van der Waals surface area contributed by atoms with Crippen LogP contribution in [0.15, 0.2) is 4.99 Å². The molecule has 2 aliphatic rings. The molecule has 0 unspecified atom stereocenters. The lowest BCUT2D eigenvalue weighted by molar-refractivity contribution is -0.113. The minimum absolute atomic E-state index is 0.110. The predicted octanol–water partition coefficient (Wildman–Crippen LogP) is 2.50. The molecule has 1 aromatic heterocycles. The zero-order valence-corrected chi connectivity index (χ0v) is 14.5. The first-order chi connectivity index (χ1) is 10.6. The molecule has 118 valence electrons. The van der Waals surface area contributed by atoms with E-state index in [1.165, 1.54) is 28.0 Å². The summed E-state index contributed by atoms with van der Waals surface area (Å²) >= 11 is 4.63. The Hall–Kier alpha value is -0.990. The Morgan fingerprint density at radius 3 is 2.86 bits per heavy atom. The van der Waals surface area contributed by atoms with Crippen LogP contribution in [-0.4, -0.2) is 34.2 Å². The zero-order valence-electron chi connectivity index (χ0n) is 12.0. The SMILES string of the molecule is NC(=O)c1c(NC(=O)CSC2=NCCS2)sc2c1CCCC2. The summed E-state index contributed by atoms with van der Waals surface area (Å²) in [6, 6.07) is 0. The lowest BCUT2D eigenvalue weighted by Gasteiger charge is -2.11. The number of carbonyl (C=O) groups excluding carboxylic acids is 2. The average molecular weight is 356 g/mol. The van der Waals surface area contributed by atoms with Crippen LogP contribution in [0.1, 0.15) is 33.6 Å². The highest BCUT2D eigenvalue weighted by atomic mass is 32.2. The Morgan fingerprint density at radius 1 is 1.32 bits per heavy atom. The van der Waals surface area contributed by atoms with Crippen molar-refractivity contribution in [2.75, 3.05) is 23.4 Å². The van der Waals surface area contributed by atoms with Crippen LogP contribution in [-0.2, 0) is 17.6 Å². The summed E-state index contributed by atoms with van der Waals surface area (Å²) in [5, 5.41) is 3.48. The van der Waals surface area contributed by atoms with Crippen LogP contribution in [0.5, 0.6) is 0 Å². The minimum atomic E-state index is -0.446. The first-order valence-electron chi connectivity index (χ1n) is 7.19. The summed E-state index contributed by atoms with van der Waals surface area (Å²) in [6.45, 7) is 0.831. The summed E-state index contributed by atoms with van der Waals surface area (Å²) < 4.78 is 0.968. The van der Waals surface area contributed by atoms with Crippen molar-refractivity contribution >= 4 is 56.1 Å². The van der Waals surface area contributed by atoms with Gasteiger partial charge in [-0.1, -0.05) is 23.5 Å². The van der Waals surface area contributed by atoms with Gasteiger partial charge in [-0.2, -0.15) is 0 Å². The van der Waals surface area contributed by atoms with Gasteiger partial charge in [-0.25, -0.2) is 0 Å². The minimum Gasteiger partial charge on any atom is -0.365 e. The van der Waals surface area contributed by atoms with Crippen molar-refractivity contribution in [3.63, 3.8) is 0 Å². The number of hydrogen-bond acceptors (Lipinski definition) is 6. The highest BCUT2D eigenvalue weighted by molar-refractivity contribution is 8.39. The third-order valence-electron chi connectivity index (χ3n) is 3.56. The van der Waals surface area contributed by atoms with E-state index >= 15 is 0 Å². The normalized spacial score (nSPS) is 17.0. The summed E-state index contributed by atoms with van der Waals surface area (Å²) in [4.78, 5) is 29.4. The summed E-state index contributed by atoms with van der Waals surface area (Å²) in [7, 11) is 0. The molecule has 0 aromatic carbocycles. The van der Waals surface area contributed by atoms with E-state index in [2.05, 4.69) is 10.3 Å². The molecule has 0 atom stereocenters. The second-order valence-corrected chi connectivity index (χ2v) is 8.52. The van der Waals surface area contributed by atoms with Gasteiger partial charge in [-0.3, -0.25) is 14.6 Å². The Kier molecular flexibility index (Phi) is 5.10. The van der Waals surface area contributed by atoms with Gasteiger partial charge in [-0.05, 0) is 31.2 Å². The highest BCUT2D eigenvalue weighted by Gasteiger charge is 2.25. The molecule has 8 heteroatoms. The Morgan fingerprint density at radius 2 is 2.14 bits per heavy atom. The van der Waals surface area contributed by atoms with Gasteiger partial charge in [0.1, 0.15) is 9.38 Å². The van der Waals surface area contributed by atoms with Crippen LogP contribution in [0.2, 0.25) is 0 Å². The monoisotopic (exact) mass is 355 g/mol. The largest absolute Gasteiger partial charge is 0.365 e. The average Bonchev–Trinajstić information content (AvgIpc) is 3.11. The quantitative estimate of drug-likeness (QED) is 0.869. The van der Waals surface area contributed by atoms with E-state index in [1.807, 2.05) is 0 Å². The number of aliphatic imine (C=N–C) groups is 1. The second-order valence-electron chi connectivity index (χ2n) is 5.11. The summed E-state index contributed by atoms with van der Waals surface area (Å²) in [5.41, 5.74) is 7.08. The maximum absolute atomic E-state index is 12.1. The van der Waals surface area contributed by atoms with Gasteiger partial charge in [0.05, 0.1) is 17.9 Å². The number of rotatable bonds is 4. The molecule has 22 heavy (non-hydrogen) atoms. The van der Waals surface area contributed by atoms with Crippen LogP contribution >= 0.6 is 34.9 Å². The smallest absolute Gasteiger partial charge is 0.251 e. The van der Waals surface area contributed by atoms with Gasteiger partial charge < -0.3 is 11.1 Å². The second kappa shape index (κ2) is 7.06. The van der Waals surface area contributed by atoms with E-state index in [0.29, 0.717) is 16.3 Å². The molecular weight excluding hydrogens is 338 g/mol. The fourth-order valence-electron chi connectivity index (χ4n) is 2.61. The molecule has 1 aliphatic heterocycles. The number of nitrogens with zero attached hydrogens (tertiary/aromatic N) is 1. The van der Waals surface area contributed by atoms with Crippen LogP contribution in [0.4, 0.5) is 5.00 Å². The Labute approximate surface area is 141 Å². The molecule has 1 aliphatic carbocycles. The topological polar surface area (TPSA) is 84.5 Å². The molecular formula is C14H17N3O2S3. The van der Waals surface area contributed by atoms with Crippen molar-refractivity contribution in [3.05, 3.63) is 16.0 Å². The number of thiophene rings is 1. The van der Waals surface area contributed by atoms with Crippen LogP contribution in [0.3, 0.4) is 0 Å². The third kappa shape index (κ3) is 3.49. The summed E-state index contributed by atoms with van der Waals surface area (Å²) in [5.74, 6) is 0.749. The van der Waals surface area contributed by atoms with Crippen LogP contribution < -0.4 is 11.1 Å². The van der Waals surface area contributed by atoms with Crippen LogP contribution in [0, 0.1) is 0 Å². The third-order valence-corrected chi connectivity index (χ3v) is 7.01. The van der Waals surface area contributed by atoms with E-state index in [4.69, 9.17) is 5.73 Å². The zero-order chi connectivity index (χ0) is 15.5. The lowest BCUT2D eigenvalue weighted by atomic mass is 9.95. The van der Waals surface area contributed by atoms with Crippen molar-refractivity contribution in [1.82, 2.24) is 0 Å². The fraction of sp³-hybridized carbons (Fsp3) is 0.500. The van der Waals surface area contributed by atoms with Gasteiger partial charge in [0.25, 0.3) is 5.91 Å². The predicted molar refractivity (Wildman–Crippen MR) is 95.3 cm³/mol. The van der Waals surface area contributed by atoms with Crippen molar-refractivity contribution < 1.29 is 9.59 Å². The van der Waals surface area contributed by atoms with Gasteiger partial charge in [-0.15, -0.1) is 11.3 Å². The summed E-state index contributed by atoms with van der Waals surface area (Å²) in [6.07, 6.45) is 4.05. The van der Waals surface area contributed by atoms with E-state index in [1.54, 1.807) is 11.8 Å². The van der Waals surface area contributed by atoms with Crippen molar-refractivity contribution in [2.45, 2.75) is 25.7 Å². The first-order valence-corrected chi connectivity index (χ1v) is 9.98. The molecule has 3 rings (SSSR count). The fourth-order valence-corrected chi connectivity index (χ4v) is 5.73. The van der Waals surface area contributed by atoms with Crippen molar-refractivity contribution in [2.24, 2.45) is 10.7 Å². The molecule has 0 bridgehead atoms. The van der Waals surface area contributed by atoms with E-state index in [0.717, 1.165) is 47.9 Å². The maximum Gasteiger partial charge on any atom is 0.251 e. The number of primary amides is 1. The standard InChI is InChI=1S/C14H17N3O2S3/c15-12(19)11-8-3-1-2-4-9(8)22-13(11)17-10(18)7-21-14-16-5-6-20-14/h1-7H2,(H2,15,19)(H,17,18). The molecule has 5 nitrogen and oxygen atoms in total. The van der Waals surface area contributed by atoms with Gasteiger partial charge >= 0.3 is 0 Å². The number of fused-ring (bicyclic) bond motifs is 1. The van der Waals surface area contributed by atoms with Gasteiger partial charge in [0.2, 0.25) is 5.91 Å². The van der Waals surface area contributed by atoms with E-state index < -0.39 is 5.91 Å². The van der Waals surface area contributed by atoms with E-state index in [-0.39, 0.29) is 5.91 Å². The van der Waals surface area contributed by atoms with Gasteiger partial charge in [0.15, 0.2) is 0 Å². The number of aryl methyl sites for hydroxylation is 1. The number of thioether (sulfide) groups is 2. The number of amides is 2. The molecule has 1 aromatic rings. The lowest BCUT2D eigenvalue weighted by Crippen LogP contribution is -2.19. The molecule has 0 fully saturated rings. The number of carbonyl (C=O) groups is 2. The van der Waals surface area contributed by atoms with E-state index in [9.17, 15) is 9.59 Å². The number of hydrogen-bond donors (Lipinski definition) is 2. The molecule has 2 amide bonds. The van der Waals surface area contributed by atoms with Crippen LogP contribution in [0.25, 0.3) is 0 Å². The highest BCUT2D eigenvalue weighted by Crippen LogP contribution is 2.38. The molecule has 0 radical (unpaired) electrons. The Balaban J connectivity index is 1.69. The number of nitrogens with one attached hydrogen (secondary N) is 1. The number of nitrogens with two attached hydrogens (primary N) is 1. The molecule has 0 spiro atoms. The molecule has 0 saturated carbocycles. The molecule has 3 N–H and O–H groups in total. The first kappa shape index (κ1) is 15.9. The van der Waals surface area contributed by atoms with Crippen molar-refractivity contribution in [1.29, 1.82) is 0 Å². The molecule has 2 heterocycles. The molecule has 0 saturated heterocycles. The van der Waals surface area contributed by atoms with Gasteiger partial charge in [0, 0.05) is 10.6 Å². The maximum atomic E-state index is 12.1. The van der Waals surface area contributed by atoms with Crippen molar-refractivity contribution in [3.8, 4) is 0 Å².